The summed E-state index contributed by atoms with van der Waals surface area (Å²) in [6.07, 6.45) is 6.43. The van der Waals surface area contributed by atoms with Crippen LogP contribution in [0.4, 0.5) is 0 Å². The number of ether oxygens (including phenoxy) is 2. The smallest absolute Gasteiger partial charge is 0.254 e. The van der Waals surface area contributed by atoms with Crippen molar-refractivity contribution in [3.05, 3.63) is 53.9 Å². The van der Waals surface area contributed by atoms with Gasteiger partial charge in [-0.2, -0.15) is 0 Å². The van der Waals surface area contributed by atoms with Crippen LogP contribution in [0, 0.1) is 0 Å². The van der Waals surface area contributed by atoms with Crippen molar-refractivity contribution in [1.29, 1.82) is 0 Å². The summed E-state index contributed by atoms with van der Waals surface area (Å²) in [7, 11) is 1.57. The summed E-state index contributed by atoms with van der Waals surface area (Å²) in [5.74, 6) is 1.16. The number of amides is 2. The topological polar surface area (TPSA) is 72.0 Å². The van der Waals surface area contributed by atoms with Crippen LogP contribution in [0.5, 0.6) is 11.5 Å². The Balaban J connectivity index is 1.56. The number of likely N-dealkylation sites (tertiary alicyclic amines) is 2. The molecule has 7 nitrogen and oxygen atoms in total. The molecule has 0 radical (unpaired) electrons. The number of carbonyl (C=O) groups excluding carboxylic acids is 2. The molecule has 3 heterocycles. The van der Waals surface area contributed by atoms with Gasteiger partial charge in [-0.25, -0.2) is 0 Å². The van der Waals surface area contributed by atoms with Crippen molar-refractivity contribution in [3.63, 3.8) is 0 Å². The molecule has 1 aromatic carbocycles. The van der Waals surface area contributed by atoms with Crippen LogP contribution in [0.3, 0.4) is 0 Å². The highest BCUT2D eigenvalue weighted by Gasteiger charge is 2.48. The lowest BCUT2D eigenvalue weighted by atomic mass is 9.79. The maximum atomic E-state index is 13.7. The van der Waals surface area contributed by atoms with Gasteiger partial charge in [0.05, 0.1) is 24.4 Å². The fourth-order valence-electron chi connectivity index (χ4n) is 5.39. The van der Waals surface area contributed by atoms with E-state index in [1.165, 1.54) is 0 Å². The number of methoxy groups -OCH3 is 1. The number of fused-ring (bicyclic) bond motifs is 1. The van der Waals surface area contributed by atoms with E-state index in [1.807, 2.05) is 28.0 Å². The number of carbonyl (C=O) groups is 2. The zero-order valence-electron chi connectivity index (χ0n) is 19.8. The van der Waals surface area contributed by atoms with Gasteiger partial charge < -0.3 is 19.3 Å². The molecule has 0 saturated carbocycles. The highest BCUT2D eigenvalue weighted by molar-refractivity contribution is 5.95. The third kappa shape index (κ3) is 4.68. The maximum Gasteiger partial charge on any atom is 0.254 e. The number of nitrogens with zero attached hydrogens (tertiary/aromatic N) is 3. The number of benzene rings is 1. The predicted octanol–water partition coefficient (Wildman–Crippen LogP) is 4.06. The highest BCUT2D eigenvalue weighted by Crippen LogP contribution is 2.39. The third-order valence-corrected chi connectivity index (χ3v) is 7.06. The van der Waals surface area contributed by atoms with Gasteiger partial charge in [0.1, 0.15) is 6.61 Å². The first-order valence-electron chi connectivity index (χ1n) is 11.7. The summed E-state index contributed by atoms with van der Waals surface area (Å²) in [5, 5.41) is 0. The van der Waals surface area contributed by atoms with Crippen LogP contribution in [0.25, 0.3) is 0 Å². The van der Waals surface area contributed by atoms with E-state index in [9.17, 15) is 9.59 Å². The van der Waals surface area contributed by atoms with Gasteiger partial charge in [-0.3, -0.25) is 14.6 Å². The fraction of sp³-hybridized carbons (Fsp3) is 0.500. The first-order chi connectivity index (χ1) is 15.9. The van der Waals surface area contributed by atoms with Crippen LogP contribution in [0.1, 0.15) is 62.0 Å². The molecule has 2 atom stereocenters. The van der Waals surface area contributed by atoms with Crippen molar-refractivity contribution in [2.24, 2.45) is 0 Å². The van der Waals surface area contributed by atoms with Crippen molar-refractivity contribution in [1.82, 2.24) is 14.8 Å². The Bertz CT molecular complexity index is 996. The second-order valence-corrected chi connectivity index (χ2v) is 9.12. The number of piperidine rings is 1. The Morgan fingerprint density at radius 1 is 1.12 bits per heavy atom. The normalized spacial score (nSPS) is 22.8. The van der Waals surface area contributed by atoms with Gasteiger partial charge in [-0.05, 0) is 69.4 Å². The first-order valence-corrected chi connectivity index (χ1v) is 11.7. The van der Waals surface area contributed by atoms with Crippen LogP contribution < -0.4 is 9.47 Å². The zero-order chi connectivity index (χ0) is 23.4. The van der Waals surface area contributed by atoms with Crippen molar-refractivity contribution >= 4 is 11.8 Å². The summed E-state index contributed by atoms with van der Waals surface area (Å²) in [6.45, 7) is 5.57. The Hall–Kier alpha value is -3.09. The van der Waals surface area contributed by atoms with Gasteiger partial charge >= 0.3 is 0 Å². The number of rotatable bonds is 5. The molecule has 0 spiro atoms. The quantitative estimate of drug-likeness (QED) is 0.685. The summed E-state index contributed by atoms with van der Waals surface area (Å²) < 4.78 is 11.4. The average molecular weight is 452 g/mol. The molecule has 0 N–H and O–H groups in total. The lowest BCUT2D eigenvalue weighted by Crippen LogP contribution is -2.64. The first kappa shape index (κ1) is 23.1. The number of hydrogen-bond acceptors (Lipinski definition) is 5. The molecule has 176 valence electrons. The van der Waals surface area contributed by atoms with Gasteiger partial charge in [0.15, 0.2) is 11.5 Å². The molecule has 2 aliphatic heterocycles. The van der Waals surface area contributed by atoms with E-state index in [1.54, 1.807) is 38.4 Å². The van der Waals surface area contributed by atoms with Crippen LogP contribution in [0.15, 0.2) is 42.6 Å². The molecule has 33 heavy (non-hydrogen) atoms. The van der Waals surface area contributed by atoms with Gasteiger partial charge in [0.25, 0.3) is 5.91 Å². The molecule has 0 unspecified atom stereocenters. The molecule has 1 aromatic heterocycles. The van der Waals surface area contributed by atoms with E-state index in [-0.39, 0.29) is 23.4 Å². The van der Waals surface area contributed by atoms with Crippen molar-refractivity contribution in [3.8, 4) is 11.5 Å². The molecule has 7 heteroatoms. The SMILES string of the molecule is COc1cc(C(=O)N2CCC[C@@]3(C)[C@@H]2CCCCN3C(C)=O)ccc1OCc1ccccn1. The second-order valence-electron chi connectivity index (χ2n) is 9.12. The minimum atomic E-state index is -0.327. The Morgan fingerprint density at radius 2 is 1.97 bits per heavy atom. The van der Waals surface area contributed by atoms with Crippen LogP contribution in [0.2, 0.25) is 0 Å². The average Bonchev–Trinajstić information content (AvgIpc) is 3.01. The van der Waals surface area contributed by atoms with Crippen LogP contribution in [-0.2, 0) is 11.4 Å². The molecule has 2 amide bonds. The predicted molar refractivity (Wildman–Crippen MR) is 125 cm³/mol. The maximum absolute atomic E-state index is 13.7. The largest absolute Gasteiger partial charge is 0.493 e. The molecular formula is C26H33N3O4. The molecule has 0 bridgehead atoms. The summed E-state index contributed by atoms with van der Waals surface area (Å²) in [4.78, 5) is 34.3. The minimum absolute atomic E-state index is 0.0104. The number of pyridine rings is 1. The van der Waals surface area contributed by atoms with Gasteiger partial charge in [0.2, 0.25) is 5.91 Å². The third-order valence-electron chi connectivity index (χ3n) is 7.06. The summed E-state index contributed by atoms with van der Waals surface area (Å²) in [6, 6.07) is 11.0. The molecule has 4 rings (SSSR count). The van der Waals surface area contributed by atoms with Crippen LogP contribution >= 0.6 is 0 Å². The van der Waals surface area contributed by atoms with Crippen molar-refractivity contribution in [2.45, 2.75) is 64.1 Å². The Labute approximate surface area is 195 Å². The highest BCUT2D eigenvalue weighted by atomic mass is 16.5. The molecular weight excluding hydrogens is 418 g/mol. The Morgan fingerprint density at radius 3 is 2.70 bits per heavy atom. The monoisotopic (exact) mass is 451 g/mol. The van der Waals surface area contributed by atoms with E-state index in [2.05, 4.69) is 11.9 Å². The molecule has 2 saturated heterocycles. The molecule has 2 aliphatic rings. The van der Waals surface area contributed by atoms with Crippen LogP contribution in [-0.4, -0.2) is 58.4 Å². The van der Waals surface area contributed by atoms with Gasteiger partial charge in [0, 0.05) is 31.8 Å². The van der Waals surface area contributed by atoms with Crippen molar-refractivity contribution < 1.29 is 19.1 Å². The number of hydrogen-bond donors (Lipinski definition) is 0. The van der Waals surface area contributed by atoms with E-state index in [0.29, 0.717) is 30.2 Å². The summed E-state index contributed by atoms with van der Waals surface area (Å²) >= 11 is 0. The zero-order valence-corrected chi connectivity index (χ0v) is 19.8. The summed E-state index contributed by atoms with van der Waals surface area (Å²) in [5.41, 5.74) is 1.06. The fourth-order valence-corrected chi connectivity index (χ4v) is 5.39. The van der Waals surface area contributed by atoms with Crippen molar-refractivity contribution in [2.75, 3.05) is 20.2 Å². The number of aromatic nitrogens is 1. The Kier molecular flexibility index (Phi) is 6.86. The van der Waals surface area contributed by atoms with Gasteiger partial charge in [-0.15, -0.1) is 0 Å². The van der Waals surface area contributed by atoms with E-state index < -0.39 is 0 Å². The molecule has 0 aliphatic carbocycles. The lowest BCUT2D eigenvalue weighted by Gasteiger charge is -2.52. The van der Waals surface area contributed by atoms with E-state index in [4.69, 9.17) is 9.47 Å². The van der Waals surface area contributed by atoms with E-state index in [0.717, 1.165) is 44.3 Å². The molecule has 2 fully saturated rings. The van der Waals surface area contributed by atoms with Gasteiger partial charge in [-0.1, -0.05) is 6.07 Å². The minimum Gasteiger partial charge on any atom is -0.493 e. The second kappa shape index (κ2) is 9.81. The van der Waals surface area contributed by atoms with E-state index >= 15 is 0 Å². The standard InChI is InChI=1S/C26H33N3O4/c1-19(30)29-16-7-5-10-24-26(29,2)13-8-15-28(24)25(31)20-11-12-22(23(17-20)32-3)33-18-21-9-4-6-14-27-21/h4,6,9,11-12,14,17,24H,5,7-8,10,13,15-16,18H2,1-3H3/t24-,26-/m0/s1. The lowest BCUT2D eigenvalue weighted by molar-refractivity contribution is -0.138. The molecule has 2 aromatic rings.